The molecule has 2 aromatic carbocycles. The van der Waals surface area contributed by atoms with E-state index in [1.807, 2.05) is 0 Å². The third kappa shape index (κ3) is 4.20. The van der Waals surface area contributed by atoms with E-state index in [1.165, 1.54) is 41.3 Å². The normalized spacial score (nSPS) is 29.8. The van der Waals surface area contributed by atoms with E-state index >= 15 is 8.78 Å². The highest BCUT2D eigenvalue weighted by Gasteiger charge is 2.75. The number of carbonyl (C=O) groups is 3. The number of alkyl halides is 5. The van der Waals surface area contributed by atoms with Crippen LogP contribution in [0.15, 0.2) is 36.4 Å². The van der Waals surface area contributed by atoms with Gasteiger partial charge in [0, 0.05) is 35.3 Å². The fraction of sp³-hybridized carbons (Fsp3) is 0.500. The Morgan fingerprint density at radius 3 is 2.43 bits per heavy atom. The summed E-state index contributed by atoms with van der Waals surface area (Å²) >= 11 is 12.6. The van der Waals surface area contributed by atoms with E-state index in [1.54, 1.807) is 0 Å². The number of halogens is 7. The van der Waals surface area contributed by atoms with Crippen LogP contribution in [-0.2, 0) is 25.3 Å². The molecule has 2 aliphatic carbocycles. The Bertz CT molecular complexity index is 1610. The van der Waals surface area contributed by atoms with Gasteiger partial charge < -0.3 is 15.3 Å². The molecule has 1 spiro atoms. The standard InChI is InChI=1S/C30H26Cl2F5N3O4/c31-16-9-18-23(19(32)10-16)38-26(44)29(18)22(25(42)43)21(20-11-28(33,34)13-40(20)29)24(41)39(12-14-4-5-14)17-3-1-2-15(8-17)27(6-7-27)30(35,36)37/h1-3,8-10,14,20-22H,4-7,11-13H2,(H,38,44)(H,42,43)/t20-,21+,22-,29+/m1/s1. The summed E-state index contributed by atoms with van der Waals surface area (Å²) in [6, 6.07) is 6.77. The van der Waals surface area contributed by atoms with E-state index in [0.29, 0.717) is 0 Å². The Morgan fingerprint density at radius 1 is 1.11 bits per heavy atom. The molecule has 14 heteroatoms. The lowest BCUT2D eigenvalue weighted by Crippen LogP contribution is -2.54. The van der Waals surface area contributed by atoms with Gasteiger partial charge in [0.25, 0.3) is 11.8 Å². The van der Waals surface area contributed by atoms with Gasteiger partial charge in [-0.25, -0.2) is 8.78 Å². The fourth-order valence-corrected chi connectivity index (χ4v) is 8.21. The molecule has 2 N–H and O–H groups in total. The summed E-state index contributed by atoms with van der Waals surface area (Å²) in [5.41, 5.74) is -4.15. The van der Waals surface area contributed by atoms with E-state index in [4.69, 9.17) is 23.2 Å². The van der Waals surface area contributed by atoms with Crippen LogP contribution >= 0.6 is 23.2 Å². The average molecular weight is 658 g/mol. The fourth-order valence-electron chi connectivity index (χ4n) is 7.67. The van der Waals surface area contributed by atoms with Crippen LogP contribution < -0.4 is 10.2 Å². The summed E-state index contributed by atoms with van der Waals surface area (Å²) in [4.78, 5) is 43.9. The maximum atomic E-state index is 15.2. The summed E-state index contributed by atoms with van der Waals surface area (Å²) in [6.45, 7) is -0.922. The number of hydrogen-bond donors (Lipinski definition) is 2. The second-order valence-electron chi connectivity index (χ2n) is 12.7. The van der Waals surface area contributed by atoms with Gasteiger partial charge in [0.1, 0.15) is 11.5 Å². The van der Waals surface area contributed by atoms with Crippen LogP contribution in [-0.4, -0.2) is 59.0 Å². The van der Waals surface area contributed by atoms with E-state index in [0.717, 1.165) is 17.7 Å². The molecule has 2 aromatic rings. The molecule has 2 amide bonds. The number of aliphatic carboxylic acids is 1. The molecule has 2 saturated carbocycles. The summed E-state index contributed by atoms with van der Waals surface area (Å²) in [5.74, 6) is -10.1. The summed E-state index contributed by atoms with van der Waals surface area (Å²) in [7, 11) is 0. The molecule has 234 valence electrons. The van der Waals surface area contributed by atoms with Crippen molar-refractivity contribution in [3.63, 3.8) is 0 Å². The Labute approximate surface area is 258 Å². The number of fused-ring (bicyclic) bond motifs is 4. The first-order valence-electron chi connectivity index (χ1n) is 14.3. The van der Waals surface area contributed by atoms with Gasteiger partial charge in [0.05, 0.1) is 28.6 Å². The number of nitrogens with zero attached hydrogens (tertiary/aromatic N) is 2. The van der Waals surface area contributed by atoms with E-state index in [-0.39, 0.29) is 57.9 Å². The number of amides is 2. The number of rotatable bonds is 6. The summed E-state index contributed by atoms with van der Waals surface area (Å²) in [5, 5.41) is 13.2. The van der Waals surface area contributed by atoms with Crippen molar-refractivity contribution in [3.8, 4) is 0 Å². The molecule has 0 unspecified atom stereocenters. The lowest BCUT2D eigenvalue weighted by molar-refractivity contribution is -0.160. The number of carboxylic acid groups (broad SMARTS) is 1. The number of hydrogen-bond acceptors (Lipinski definition) is 4. The van der Waals surface area contributed by atoms with Crippen LogP contribution in [0.5, 0.6) is 0 Å². The van der Waals surface area contributed by atoms with Crippen molar-refractivity contribution in [3.05, 3.63) is 57.6 Å². The SMILES string of the molecule is O=C(O)[C@H]1[C@@H](C(=O)N(CC2CC2)c2cccc(C3(C(F)(F)F)CC3)c2)[C@H]2CC(F)(F)CN2[C@]12C(=O)Nc1c(Cl)cc(Cl)cc12. The van der Waals surface area contributed by atoms with Gasteiger partial charge in [0.15, 0.2) is 0 Å². The second-order valence-corrected chi connectivity index (χ2v) is 13.5. The average Bonchev–Trinajstić information content (AvgIpc) is 3.84. The maximum absolute atomic E-state index is 15.2. The molecule has 5 aliphatic rings. The largest absolute Gasteiger partial charge is 0.481 e. The summed E-state index contributed by atoms with van der Waals surface area (Å²) in [6.07, 6.45) is -4.12. The second kappa shape index (κ2) is 9.53. The Balaban J connectivity index is 1.37. The van der Waals surface area contributed by atoms with Crippen LogP contribution in [0.3, 0.4) is 0 Å². The van der Waals surface area contributed by atoms with Gasteiger partial charge in [-0.1, -0.05) is 35.3 Å². The minimum Gasteiger partial charge on any atom is -0.481 e. The van der Waals surface area contributed by atoms with Crippen LogP contribution in [0.4, 0.5) is 33.3 Å². The quantitative estimate of drug-likeness (QED) is 0.360. The Hall–Kier alpha value is -2.96. The molecule has 4 fully saturated rings. The topological polar surface area (TPSA) is 90.0 Å². The molecule has 7 nitrogen and oxygen atoms in total. The van der Waals surface area contributed by atoms with Crippen LogP contribution in [0, 0.1) is 17.8 Å². The van der Waals surface area contributed by atoms with E-state index in [9.17, 15) is 32.7 Å². The highest BCUT2D eigenvalue weighted by atomic mass is 35.5. The molecule has 2 saturated heterocycles. The van der Waals surface area contributed by atoms with Crippen LogP contribution in [0.25, 0.3) is 0 Å². The highest BCUT2D eigenvalue weighted by molar-refractivity contribution is 6.38. The first kappa shape index (κ1) is 29.7. The molecular formula is C30H26Cl2F5N3O4. The number of carbonyl (C=O) groups excluding carboxylic acids is 2. The van der Waals surface area contributed by atoms with Crippen molar-refractivity contribution in [1.82, 2.24) is 4.90 Å². The van der Waals surface area contributed by atoms with Gasteiger partial charge in [-0.15, -0.1) is 0 Å². The molecule has 44 heavy (non-hydrogen) atoms. The van der Waals surface area contributed by atoms with Crippen LogP contribution in [0.2, 0.25) is 10.0 Å². The molecular weight excluding hydrogens is 632 g/mol. The zero-order valence-electron chi connectivity index (χ0n) is 22.9. The van der Waals surface area contributed by atoms with Gasteiger partial charge in [-0.2, -0.15) is 13.2 Å². The smallest absolute Gasteiger partial charge is 0.398 e. The van der Waals surface area contributed by atoms with Crippen molar-refractivity contribution in [1.29, 1.82) is 0 Å². The predicted octanol–water partition coefficient (Wildman–Crippen LogP) is 6.22. The minimum atomic E-state index is -4.51. The summed E-state index contributed by atoms with van der Waals surface area (Å²) < 4.78 is 72.4. The first-order chi connectivity index (χ1) is 20.6. The van der Waals surface area contributed by atoms with Crippen molar-refractivity contribution in [2.45, 2.75) is 61.2 Å². The third-order valence-corrected chi connectivity index (χ3v) is 10.5. The molecule has 0 radical (unpaired) electrons. The third-order valence-electron chi connectivity index (χ3n) is 9.99. The zero-order chi connectivity index (χ0) is 31.6. The zero-order valence-corrected chi connectivity index (χ0v) is 24.4. The lowest BCUT2D eigenvalue weighted by atomic mass is 9.73. The van der Waals surface area contributed by atoms with Crippen molar-refractivity contribution >= 4 is 52.4 Å². The van der Waals surface area contributed by atoms with E-state index < -0.39 is 71.7 Å². The molecule has 4 atom stereocenters. The number of carboxylic acids is 1. The van der Waals surface area contributed by atoms with Gasteiger partial charge in [0.2, 0.25) is 5.91 Å². The molecule has 7 rings (SSSR count). The lowest BCUT2D eigenvalue weighted by Gasteiger charge is -2.36. The van der Waals surface area contributed by atoms with Gasteiger partial charge in [-0.3, -0.25) is 19.3 Å². The van der Waals surface area contributed by atoms with Crippen molar-refractivity contribution in [2.24, 2.45) is 17.8 Å². The maximum Gasteiger partial charge on any atom is 0.398 e. The highest BCUT2D eigenvalue weighted by Crippen LogP contribution is 2.62. The van der Waals surface area contributed by atoms with E-state index in [2.05, 4.69) is 5.32 Å². The number of nitrogens with one attached hydrogen (secondary N) is 1. The Kier molecular flexibility index (Phi) is 6.44. The van der Waals surface area contributed by atoms with Crippen molar-refractivity contribution < 1.29 is 41.4 Å². The number of anilines is 2. The van der Waals surface area contributed by atoms with Gasteiger partial charge >= 0.3 is 12.1 Å². The predicted molar refractivity (Wildman–Crippen MR) is 150 cm³/mol. The molecule has 0 aromatic heterocycles. The minimum absolute atomic E-state index is 0.00740. The van der Waals surface area contributed by atoms with Crippen LogP contribution in [0.1, 0.15) is 43.2 Å². The molecule has 3 heterocycles. The Morgan fingerprint density at radius 2 is 1.82 bits per heavy atom. The van der Waals surface area contributed by atoms with Gasteiger partial charge in [-0.05, 0) is 61.4 Å². The molecule has 3 aliphatic heterocycles. The monoisotopic (exact) mass is 657 g/mol. The number of benzene rings is 2. The first-order valence-corrected chi connectivity index (χ1v) is 15.0. The van der Waals surface area contributed by atoms with Crippen molar-refractivity contribution in [2.75, 3.05) is 23.3 Å². The molecule has 0 bridgehead atoms.